The molecule has 7 atom stereocenters. The van der Waals surface area contributed by atoms with Gasteiger partial charge in [0.05, 0.1) is 0 Å². The highest BCUT2D eigenvalue weighted by Gasteiger charge is 2.66. The van der Waals surface area contributed by atoms with Crippen LogP contribution in [0, 0.1) is 28.6 Å². The SMILES string of the molecule is CC(=O)OCC(=O)[C@@]1(O)CC[C@H]2[C@@H]3CC=C4C[C@H](OC(C)=O)CC[C@]4(C)[C@H]3CC[C@@]21C. The fraction of sp³-hybridized carbons (Fsp3) is 0.800. The number of Topliss-reactive ketones (excluding diaryl/α,β-unsaturated/α-hetero) is 1. The second-order valence-electron chi connectivity index (χ2n) is 10.8. The molecule has 31 heavy (non-hydrogen) atoms. The number of fused-ring (bicyclic) bond motifs is 5. The van der Waals surface area contributed by atoms with Gasteiger partial charge in [-0.1, -0.05) is 25.5 Å². The second-order valence-corrected chi connectivity index (χ2v) is 10.8. The molecule has 6 heteroatoms. The number of hydrogen-bond acceptors (Lipinski definition) is 6. The summed E-state index contributed by atoms with van der Waals surface area (Å²) in [6.07, 6.45) is 9.08. The van der Waals surface area contributed by atoms with E-state index in [1.165, 1.54) is 19.4 Å². The average molecular weight is 433 g/mol. The minimum Gasteiger partial charge on any atom is -0.462 e. The topological polar surface area (TPSA) is 89.9 Å². The van der Waals surface area contributed by atoms with Gasteiger partial charge in [0, 0.05) is 25.7 Å². The van der Waals surface area contributed by atoms with Gasteiger partial charge in [-0.25, -0.2) is 0 Å². The molecule has 0 aromatic rings. The first-order chi connectivity index (χ1) is 14.5. The summed E-state index contributed by atoms with van der Waals surface area (Å²) in [5, 5.41) is 11.5. The predicted octanol–water partition coefficient (Wildman–Crippen LogP) is 3.74. The van der Waals surface area contributed by atoms with Gasteiger partial charge < -0.3 is 14.6 Å². The summed E-state index contributed by atoms with van der Waals surface area (Å²) < 4.78 is 10.5. The molecule has 1 N–H and O–H groups in total. The van der Waals surface area contributed by atoms with Crippen molar-refractivity contribution in [1.82, 2.24) is 0 Å². The Hall–Kier alpha value is -1.69. The smallest absolute Gasteiger partial charge is 0.303 e. The van der Waals surface area contributed by atoms with Crippen LogP contribution >= 0.6 is 0 Å². The van der Waals surface area contributed by atoms with Gasteiger partial charge in [-0.3, -0.25) is 14.4 Å². The lowest BCUT2D eigenvalue weighted by Crippen LogP contribution is -2.58. The number of ether oxygens (including phenoxy) is 2. The quantitative estimate of drug-likeness (QED) is 0.538. The van der Waals surface area contributed by atoms with E-state index in [-0.39, 0.29) is 35.8 Å². The summed E-state index contributed by atoms with van der Waals surface area (Å²) >= 11 is 0. The first kappa shape index (κ1) is 22.5. The summed E-state index contributed by atoms with van der Waals surface area (Å²) in [5.41, 5.74) is -0.379. The highest BCUT2D eigenvalue weighted by atomic mass is 16.5. The van der Waals surface area contributed by atoms with Crippen molar-refractivity contribution in [1.29, 1.82) is 0 Å². The fourth-order valence-electron chi connectivity index (χ4n) is 7.72. The summed E-state index contributed by atoms with van der Waals surface area (Å²) in [5.74, 6) is 0.176. The molecule has 0 amide bonds. The van der Waals surface area contributed by atoms with E-state index in [9.17, 15) is 19.5 Å². The Morgan fingerprint density at radius 3 is 2.42 bits per heavy atom. The first-order valence-corrected chi connectivity index (χ1v) is 11.8. The molecule has 0 bridgehead atoms. The van der Waals surface area contributed by atoms with Crippen LogP contribution in [-0.4, -0.2) is 41.1 Å². The molecule has 6 nitrogen and oxygen atoms in total. The van der Waals surface area contributed by atoms with Crippen molar-refractivity contribution >= 4 is 17.7 Å². The van der Waals surface area contributed by atoms with Crippen LogP contribution in [0.25, 0.3) is 0 Å². The highest BCUT2D eigenvalue weighted by molar-refractivity contribution is 5.90. The largest absolute Gasteiger partial charge is 0.462 e. The van der Waals surface area contributed by atoms with Crippen LogP contribution in [0.15, 0.2) is 11.6 Å². The summed E-state index contributed by atoms with van der Waals surface area (Å²) in [6, 6.07) is 0. The summed E-state index contributed by atoms with van der Waals surface area (Å²) in [4.78, 5) is 35.5. The van der Waals surface area contributed by atoms with Crippen molar-refractivity contribution < 1.29 is 29.0 Å². The van der Waals surface area contributed by atoms with Crippen molar-refractivity contribution in [2.75, 3.05) is 6.61 Å². The molecular formula is C25H36O6. The zero-order valence-electron chi connectivity index (χ0n) is 19.2. The second kappa shape index (κ2) is 7.72. The maximum absolute atomic E-state index is 12.9. The molecule has 4 rings (SSSR count). The Labute approximate surface area is 184 Å². The number of carbonyl (C=O) groups is 3. The zero-order chi connectivity index (χ0) is 22.6. The van der Waals surface area contributed by atoms with Crippen LogP contribution in [0.4, 0.5) is 0 Å². The van der Waals surface area contributed by atoms with E-state index in [2.05, 4.69) is 19.9 Å². The van der Waals surface area contributed by atoms with E-state index in [0.717, 1.165) is 44.9 Å². The standard InChI is InChI=1S/C25H36O6/c1-15(26)30-14-22(28)25(29)12-9-21-19-6-5-17-13-18(31-16(2)27)7-10-23(17,3)20(19)8-11-24(21,25)4/h5,18-21,29H,6-14H2,1-4H3/t18-,19-,20+,21+,23+,24+,25+/m1/s1. The van der Waals surface area contributed by atoms with Crippen LogP contribution in [0.1, 0.15) is 79.1 Å². The molecule has 172 valence electrons. The number of allylic oxidation sites excluding steroid dienone is 1. The van der Waals surface area contributed by atoms with Gasteiger partial charge >= 0.3 is 11.9 Å². The Morgan fingerprint density at radius 2 is 1.74 bits per heavy atom. The monoisotopic (exact) mass is 432 g/mol. The molecule has 0 saturated heterocycles. The van der Waals surface area contributed by atoms with Crippen molar-refractivity contribution in [3.63, 3.8) is 0 Å². The van der Waals surface area contributed by atoms with Crippen LogP contribution in [0.2, 0.25) is 0 Å². The number of aliphatic hydroxyl groups is 1. The van der Waals surface area contributed by atoms with Gasteiger partial charge in [-0.05, 0) is 68.1 Å². The van der Waals surface area contributed by atoms with Crippen molar-refractivity contribution in [2.45, 2.75) is 90.8 Å². The van der Waals surface area contributed by atoms with Crippen LogP contribution < -0.4 is 0 Å². The van der Waals surface area contributed by atoms with E-state index < -0.39 is 17.0 Å². The number of hydrogen-bond donors (Lipinski definition) is 1. The molecule has 0 spiro atoms. The lowest BCUT2D eigenvalue weighted by atomic mass is 9.46. The summed E-state index contributed by atoms with van der Waals surface area (Å²) in [6.45, 7) is 6.86. The van der Waals surface area contributed by atoms with Crippen LogP contribution in [0.3, 0.4) is 0 Å². The van der Waals surface area contributed by atoms with Gasteiger partial charge in [0.15, 0.2) is 6.61 Å². The third kappa shape index (κ3) is 3.46. The van der Waals surface area contributed by atoms with Crippen molar-refractivity contribution in [3.05, 3.63) is 11.6 Å². The molecule has 3 saturated carbocycles. The molecule has 3 fully saturated rings. The number of rotatable bonds is 4. The fourth-order valence-corrected chi connectivity index (χ4v) is 7.72. The molecule has 0 aromatic carbocycles. The Morgan fingerprint density at radius 1 is 1.03 bits per heavy atom. The maximum atomic E-state index is 12.9. The van der Waals surface area contributed by atoms with E-state index in [1.54, 1.807) is 0 Å². The Kier molecular flexibility index (Phi) is 5.60. The Balaban J connectivity index is 1.56. The van der Waals surface area contributed by atoms with Gasteiger partial charge in [0.2, 0.25) is 5.78 Å². The molecule has 4 aliphatic rings. The Bertz CT molecular complexity index is 817. The van der Waals surface area contributed by atoms with Crippen molar-refractivity contribution in [3.8, 4) is 0 Å². The molecule has 0 aliphatic heterocycles. The lowest BCUT2D eigenvalue weighted by molar-refractivity contribution is -0.169. The van der Waals surface area contributed by atoms with Crippen LogP contribution in [0.5, 0.6) is 0 Å². The van der Waals surface area contributed by atoms with Crippen molar-refractivity contribution in [2.24, 2.45) is 28.6 Å². The first-order valence-electron chi connectivity index (χ1n) is 11.8. The van der Waals surface area contributed by atoms with Gasteiger partial charge in [-0.2, -0.15) is 0 Å². The number of carbonyl (C=O) groups excluding carboxylic acids is 3. The summed E-state index contributed by atoms with van der Waals surface area (Å²) in [7, 11) is 0. The van der Waals surface area contributed by atoms with E-state index >= 15 is 0 Å². The lowest BCUT2D eigenvalue weighted by Gasteiger charge is -2.58. The predicted molar refractivity (Wildman–Crippen MR) is 114 cm³/mol. The molecule has 4 aliphatic carbocycles. The number of ketones is 1. The van der Waals surface area contributed by atoms with E-state index in [0.29, 0.717) is 18.3 Å². The normalized spacial score (nSPS) is 43.7. The maximum Gasteiger partial charge on any atom is 0.303 e. The van der Waals surface area contributed by atoms with Gasteiger partial charge in [0.1, 0.15) is 11.7 Å². The molecule has 0 aromatic heterocycles. The number of esters is 2. The van der Waals surface area contributed by atoms with Gasteiger partial charge in [-0.15, -0.1) is 0 Å². The van der Waals surface area contributed by atoms with E-state index in [4.69, 9.17) is 9.47 Å². The highest BCUT2D eigenvalue weighted by Crippen LogP contribution is 2.67. The average Bonchev–Trinajstić information content (AvgIpc) is 2.98. The minimum absolute atomic E-state index is 0.0160. The van der Waals surface area contributed by atoms with Crippen LogP contribution in [-0.2, 0) is 23.9 Å². The molecule has 0 radical (unpaired) electrons. The molecule has 0 heterocycles. The zero-order valence-corrected chi connectivity index (χ0v) is 19.2. The third-order valence-corrected chi connectivity index (χ3v) is 9.41. The molecular weight excluding hydrogens is 396 g/mol. The minimum atomic E-state index is -1.42. The van der Waals surface area contributed by atoms with E-state index in [1.807, 2.05) is 0 Å². The van der Waals surface area contributed by atoms with Gasteiger partial charge in [0.25, 0.3) is 0 Å². The third-order valence-electron chi connectivity index (χ3n) is 9.41. The molecule has 0 unspecified atom stereocenters.